The molecule has 6 nitrogen and oxygen atoms in total. The Bertz CT molecular complexity index is 1320. The minimum absolute atomic E-state index is 0.268. The van der Waals surface area contributed by atoms with E-state index in [1.165, 1.54) is 0 Å². The standard InChI is InChI=1S/C29H37NO5S/c1-7-9-10-15-27(29(31)34-8-2)35-24-17-23-13-11-12-14-25(23)26(18-24)30-36(32,33)28-21(5)19(3)16-20(4)22(28)6/h11-14,16-18,27,30H,7-10,15H2,1-6H3. The van der Waals surface area contributed by atoms with Crippen molar-refractivity contribution < 1.29 is 22.7 Å². The first-order chi connectivity index (χ1) is 17.1. The molecule has 1 atom stereocenters. The molecule has 0 spiro atoms. The second kappa shape index (κ2) is 11.8. The third-order valence-electron chi connectivity index (χ3n) is 6.54. The second-order valence-electron chi connectivity index (χ2n) is 9.24. The summed E-state index contributed by atoms with van der Waals surface area (Å²) >= 11 is 0. The number of hydrogen-bond donors (Lipinski definition) is 1. The van der Waals surface area contributed by atoms with Crippen LogP contribution in [0.2, 0.25) is 0 Å². The van der Waals surface area contributed by atoms with Crippen LogP contribution in [0, 0.1) is 27.7 Å². The summed E-state index contributed by atoms with van der Waals surface area (Å²) in [6.45, 7) is 11.6. The number of ether oxygens (including phenoxy) is 2. The number of carbonyl (C=O) groups is 1. The van der Waals surface area contributed by atoms with Crippen molar-refractivity contribution in [3.8, 4) is 5.75 Å². The molecule has 0 bridgehead atoms. The van der Waals surface area contributed by atoms with Gasteiger partial charge in [-0.15, -0.1) is 0 Å². The summed E-state index contributed by atoms with van der Waals surface area (Å²) in [6, 6.07) is 13.0. The number of nitrogens with one attached hydrogen (secondary N) is 1. The molecular formula is C29H37NO5S. The molecule has 7 heteroatoms. The first-order valence-corrected chi connectivity index (χ1v) is 14.0. The van der Waals surface area contributed by atoms with Gasteiger partial charge in [0.05, 0.1) is 17.2 Å². The van der Waals surface area contributed by atoms with Crippen molar-refractivity contribution in [1.82, 2.24) is 0 Å². The van der Waals surface area contributed by atoms with Gasteiger partial charge in [0, 0.05) is 11.5 Å². The van der Waals surface area contributed by atoms with E-state index in [1.54, 1.807) is 13.0 Å². The van der Waals surface area contributed by atoms with Crippen molar-refractivity contribution in [1.29, 1.82) is 0 Å². The van der Waals surface area contributed by atoms with Crippen LogP contribution in [0.5, 0.6) is 5.75 Å². The minimum Gasteiger partial charge on any atom is -0.479 e. The lowest BCUT2D eigenvalue weighted by Crippen LogP contribution is -2.29. The number of benzene rings is 3. The number of anilines is 1. The van der Waals surface area contributed by atoms with Gasteiger partial charge in [0.2, 0.25) is 0 Å². The predicted octanol–water partition coefficient (Wildman–Crippen LogP) is 6.77. The van der Waals surface area contributed by atoms with Crippen molar-refractivity contribution >= 4 is 32.5 Å². The molecule has 0 aliphatic heterocycles. The van der Waals surface area contributed by atoms with Crippen molar-refractivity contribution in [2.75, 3.05) is 11.3 Å². The molecule has 0 aliphatic rings. The zero-order chi connectivity index (χ0) is 26.5. The molecule has 0 amide bonds. The Morgan fingerprint density at radius 1 is 0.944 bits per heavy atom. The highest BCUT2D eigenvalue weighted by atomic mass is 32.2. The molecular weight excluding hydrogens is 474 g/mol. The molecule has 36 heavy (non-hydrogen) atoms. The molecule has 0 radical (unpaired) electrons. The van der Waals surface area contributed by atoms with Crippen molar-refractivity contribution in [3.05, 3.63) is 64.7 Å². The van der Waals surface area contributed by atoms with Crippen LogP contribution in [-0.4, -0.2) is 27.1 Å². The molecule has 1 unspecified atom stereocenters. The topological polar surface area (TPSA) is 81.7 Å². The van der Waals surface area contributed by atoms with E-state index in [1.807, 2.05) is 64.1 Å². The van der Waals surface area contributed by atoms with Crippen molar-refractivity contribution in [2.45, 2.75) is 78.2 Å². The SMILES string of the molecule is CCCCCC(Oc1cc(NS(=O)(=O)c2c(C)c(C)cc(C)c2C)c2ccccc2c1)C(=O)OCC. The highest BCUT2D eigenvalue weighted by Gasteiger charge is 2.25. The molecule has 0 aromatic heterocycles. The first kappa shape index (κ1) is 27.5. The molecule has 0 aliphatic carbocycles. The average Bonchev–Trinajstić information content (AvgIpc) is 2.82. The lowest BCUT2D eigenvalue weighted by atomic mass is 10.0. The fraction of sp³-hybridized carbons (Fsp3) is 0.414. The van der Waals surface area contributed by atoms with Gasteiger partial charge in [-0.05, 0) is 81.2 Å². The van der Waals surface area contributed by atoms with E-state index in [4.69, 9.17) is 9.47 Å². The summed E-state index contributed by atoms with van der Waals surface area (Å²) in [5, 5.41) is 1.55. The second-order valence-corrected chi connectivity index (χ2v) is 10.9. The summed E-state index contributed by atoms with van der Waals surface area (Å²) in [6.07, 6.45) is 2.61. The molecule has 3 aromatic rings. The monoisotopic (exact) mass is 511 g/mol. The van der Waals surface area contributed by atoms with Gasteiger partial charge in [0.1, 0.15) is 5.75 Å². The van der Waals surface area contributed by atoms with Crippen LogP contribution in [0.1, 0.15) is 61.8 Å². The third-order valence-corrected chi connectivity index (χ3v) is 8.18. The van der Waals surface area contributed by atoms with Gasteiger partial charge in [0.15, 0.2) is 6.10 Å². The molecule has 0 saturated carbocycles. The Labute approximate surface area is 215 Å². The quantitative estimate of drug-likeness (QED) is 0.227. The Balaban J connectivity index is 2.05. The number of rotatable bonds is 11. The minimum atomic E-state index is -3.90. The van der Waals surface area contributed by atoms with Gasteiger partial charge >= 0.3 is 5.97 Å². The van der Waals surface area contributed by atoms with Crippen LogP contribution in [0.25, 0.3) is 10.8 Å². The van der Waals surface area contributed by atoms with Crippen LogP contribution < -0.4 is 9.46 Å². The number of unbranched alkanes of at least 4 members (excludes halogenated alkanes) is 2. The maximum atomic E-state index is 13.7. The average molecular weight is 512 g/mol. The van der Waals surface area contributed by atoms with Crippen LogP contribution >= 0.6 is 0 Å². The highest BCUT2D eigenvalue weighted by Crippen LogP contribution is 2.34. The zero-order valence-electron chi connectivity index (χ0n) is 22.1. The van der Waals surface area contributed by atoms with Gasteiger partial charge < -0.3 is 9.47 Å². The maximum Gasteiger partial charge on any atom is 0.347 e. The molecule has 0 fully saturated rings. The van der Waals surface area contributed by atoms with E-state index >= 15 is 0 Å². The lowest BCUT2D eigenvalue weighted by molar-refractivity contribution is -0.151. The van der Waals surface area contributed by atoms with Crippen molar-refractivity contribution in [3.63, 3.8) is 0 Å². The van der Waals surface area contributed by atoms with E-state index < -0.39 is 22.1 Å². The molecule has 194 valence electrons. The summed E-state index contributed by atoms with van der Waals surface area (Å²) in [5.74, 6) is 0.000182. The summed E-state index contributed by atoms with van der Waals surface area (Å²) in [7, 11) is -3.90. The number of sulfonamides is 1. The summed E-state index contributed by atoms with van der Waals surface area (Å²) in [5.41, 5.74) is 3.69. The smallest absolute Gasteiger partial charge is 0.347 e. The van der Waals surface area contributed by atoms with Crippen LogP contribution in [-0.2, 0) is 19.6 Å². The lowest BCUT2D eigenvalue weighted by Gasteiger charge is -2.20. The van der Waals surface area contributed by atoms with Crippen LogP contribution in [0.3, 0.4) is 0 Å². The van der Waals surface area contributed by atoms with Gasteiger partial charge in [-0.1, -0.05) is 50.1 Å². The Hall–Kier alpha value is -3.06. The van der Waals surface area contributed by atoms with Gasteiger partial charge in [0.25, 0.3) is 10.0 Å². The van der Waals surface area contributed by atoms with Crippen LogP contribution in [0.4, 0.5) is 5.69 Å². The van der Waals surface area contributed by atoms with Crippen molar-refractivity contribution in [2.24, 2.45) is 0 Å². The molecule has 3 aromatic carbocycles. The summed E-state index contributed by atoms with van der Waals surface area (Å²) in [4.78, 5) is 12.9. The van der Waals surface area contributed by atoms with Gasteiger partial charge in [-0.2, -0.15) is 0 Å². The Morgan fingerprint density at radius 3 is 2.25 bits per heavy atom. The maximum absolute atomic E-state index is 13.7. The largest absolute Gasteiger partial charge is 0.479 e. The Morgan fingerprint density at radius 2 is 1.61 bits per heavy atom. The fourth-order valence-corrected chi connectivity index (χ4v) is 6.11. The highest BCUT2D eigenvalue weighted by molar-refractivity contribution is 7.92. The third kappa shape index (κ3) is 6.19. The number of carbonyl (C=O) groups excluding carboxylic acids is 1. The number of aryl methyl sites for hydroxylation is 2. The first-order valence-electron chi connectivity index (χ1n) is 12.5. The fourth-order valence-electron chi connectivity index (χ4n) is 4.42. The van der Waals surface area contributed by atoms with E-state index in [9.17, 15) is 13.2 Å². The number of esters is 1. The predicted molar refractivity (Wildman–Crippen MR) is 145 cm³/mol. The number of hydrogen-bond acceptors (Lipinski definition) is 5. The van der Waals surface area contributed by atoms with Crippen LogP contribution in [0.15, 0.2) is 47.4 Å². The molecule has 1 N–H and O–H groups in total. The molecule has 3 rings (SSSR count). The van der Waals surface area contributed by atoms with Gasteiger partial charge in [-0.25, -0.2) is 13.2 Å². The van der Waals surface area contributed by atoms with E-state index in [0.717, 1.165) is 52.3 Å². The molecule has 0 heterocycles. The normalized spacial score (nSPS) is 12.4. The van der Waals surface area contributed by atoms with E-state index in [-0.39, 0.29) is 6.61 Å². The van der Waals surface area contributed by atoms with E-state index in [0.29, 0.717) is 22.8 Å². The zero-order valence-corrected chi connectivity index (χ0v) is 22.9. The van der Waals surface area contributed by atoms with Gasteiger partial charge in [-0.3, -0.25) is 4.72 Å². The number of fused-ring (bicyclic) bond motifs is 1. The Kier molecular flexibility index (Phi) is 9.01. The summed E-state index contributed by atoms with van der Waals surface area (Å²) < 4.78 is 41.5. The molecule has 0 saturated heterocycles. The van der Waals surface area contributed by atoms with E-state index in [2.05, 4.69) is 11.6 Å².